The molecule has 56 valence electrons. The van der Waals surface area contributed by atoms with Gasteiger partial charge in [0.1, 0.15) is 0 Å². The van der Waals surface area contributed by atoms with Crippen LogP contribution >= 0.6 is 45.2 Å². The summed E-state index contributed by atoms with van der Waals surface area (Å²) >= 11 is 3.90. The zero-order chi connectivity index (χ0) is 7.49. The topological polar surface area (TPSA) is 60.7 Å². The molecule has 1 atom stereocenters. The molecule has 0 radical (unpaired) electrons. The smallest absolute Gasteiger partial charge is 0.287 e. The van der Waals surface area contributed by atoms with Gasteiger partial charge in [0.05, 0.1) is 3.92 Å². The standard InChI is InChI=1S/C4H8I2O3/c5-2-1-3(6)4(7,8)9/h3,7-9H,1-2H2. The highest BCUT2D eigenvalue weighted by molar-refractivity contribution is 14.1. The summed E-state index contributed by atoms with van der Waals surface area (Å²) in [4.78, 5) is 0. The van der Waals surface area contributed by atoms with Crippen molar-refractivity contribution in [2.45, 2.75) is 16.3 Å². The summed E-state index contributed by atoms with van der Waals surface area (Å²) < 4.78 is 0.293. The van der Waals surface area contributed by atoms with E-state index in [-0.39, 0.29) is 0 Å². The first-order valence-corrected chi connectivity index (χ1v) is 5.12. The van der Waals surface area contributed by atoms with Crippen LogP contribution in [-0.2, 0) is 0 Å². The third-order valence-electron chi connectivity index (χ3n) is 0.783. The van der Waals surface area contributed by atoms with Crippen LogP contribution in [-0.4, -0.2) is 29.6 Å². The lowest BCUT2D eigenvalue weighted by Gasteiger charge is -2.19. The van der Waals surface area contributed by atoms with Gasteiger partial charge in [-0.25, -0.2) is 0 Å². The summed E-state index contributed by atoms with van der Waals surface area (Å²) in [6, 6.07) is 0. The van der Waals surface area contributed by atoms with E-state index in [1.807, 2.05) is 0 Å². The third kappa shape index (κ3) is 4.71. The van der Waals surface area contributed by atoms with E-state index in [0.29, 0.717) is 6.42 Å². The molecule has 9 heavy (non-hydrogen) atoms. The summed E-state index contributed by atoms with van der Waals surface area (Å²) in [7, 11) is 0. The number of rotatable bonds is 3. The molecule has 0 spiro atoms. The average molecular weight is 358 g/mol. The predicted octanol–water partition coefficient (Wildman–Crippen LogP) is 0.246. The van der Waals surface area contributed by atoms with E-state index >= 15 is 0 Å². The van der Waals surface area contributed by atoms with Crippen LogP contribution in [0.15, 0.2) is 0 Å². The Bertz CT molecular complexity index is 80.4. The number of hydrogen-bond acceptors (Lipinski definition) is 3. The normalized spacial score (nSPS) is 15.7. The number of aliphatic hydroxyl groups is 3. The summed E-state index contributed by atoms with van der Waals surface area (Å²) in [6.07, 6.45) is 0.588. The summed E-state index contributed by atoms with van der Waals surface area (Å²) in [5.74, 6) is -2.51. The lowest BCUT2D eigenvalue weighted by atomic mass is 10.3. The second kappa shape index (κ2) is 4.27. The van der Waals surface area contributed by atoms with Crippen molar-refractivity contribution in [2.75, 3.05) is 4.43 Å². The van der Waals surface area contributed by atoms with E-state index in [9.17, 15) is 0 Å². The zero-order valence-electron chi connectivity index (χ0n) is 4.59. The Hall–Kier alpha value is 1.34. The summed E-state index contributed by atoms with van der Waals surface area (Å²) in [5, 5.41) is 25.6. The molecule has 0 saturated carbocycles. The Labute approximate surface area is 80.7 Å². The molecular weight excluding hydrogens is 350 g/mol. The van der Waals surface area contributed by atoms with Gasteiger partial charge >= 0.3 is 0 Å². The summed E-state index contributed by atoms with van der Waals surface area (Å²) in [5.41, 5.74) is 0. The maximum absolute atomic E-state index is 8.52. The first kappa shape index (κ1) is 10.3. The third-order valence-corrected chi connectivity index (χ3v) is 2.86. The Morgan fingerprint density at radius 2 is 1.78 bits per heavy atom. The lowest BCUT2D eigenvalue weighted by molar-refractivity contribution is -0.307. The van der Waals surface area contributed by atoms with Gasteiger partial charge in [-0.1, -0.05) is 45.2 Å². The molecule has 0 aromatic carbocycles. The van der Waals surface area contributed by atoms with E-state index in [1.54, 1.807) is 22.6 Å². The first-order valence-electron chi connectivity index (χ1n) is 2.35. The monoisotopic (exact) mass is 358 g/mol. The van der Waals surface area contributed by atoms with Crippen LogP contribution in [0.25, 0.3) is 0 Å². The minimum absolute atomic E-state index is 0.507. The van der Waals surface area contributed by atoms with Crippen molar-refractivity contribution in [3.05, 3.63) is 0 Å². The molecule has 0 amide bonds. The molecule has 3 N–H and O–H groups in total. The molecule has 0 aliphatic heterocycles. The van der Waals surface area contributed by atoms with Gasteiger partial charge in [0.25, 0.3) is 5.97 Å². The molecule has 0 aromatic heterocycles. The number of alkyl halides is 2. The van der Waals surface area contributed by atoms with Gasteiger partial charge < -0.3 is 15.3 Å². The van der Waals surface area contributed by atoms with Crippen molar-refractivity contribution in [2.24, 2.45) is 0 Å². The minimum atomic E-state index is -2.51. The summed E-state index contributed by atoms with van der Waals surface area (Å²) in [6.45, 7) is 0. The molecule has 1 unspecified atom stereocenters. The highest BCUT2D eigenvalue weighted by Crippen LogP contribution is 2.17. The fourth-order valence-electron chi connectivity index (χ4n) is 0.289. The Kier molecular flexibility index (Phi) is 4.90. The van der Waals surface area contributed by atoms with Gasteiger partial charge in [-0.15, -0.1) is 0 Å². The van der Waals surface area contributed by atoms with E-state index < -0.39 is 9.90 Å². The molecule has 0 saturated heterocycles. The Balaban J connectivity index is 3.59. The van der Waals surface area contributed by atoms with Crippen molar-refractivity contribution >= 4 is 45.2 Å². The van der Waals surface area contributed by atoms with Crippen molar-refractivity contribution in [1.29, 1.82) is 0 Å². The molecule has 3 nitrogen and oxygen atoms in total. The van der Waals surface area contributed by atoms with Crippen molar-refractivity contribution < 1.29 is 15.3 Å². The highest BCUT2D eigenvalue weighted by Gasteiger charge is 2.28. The van der Waals surface area contributed by atoms with Crippen LogP contribution in [0, 0.1) is 0 Å². The first-order chi connectivity index (χ1) is 3.98. The zero-order valence-corrected chi connectivity index (χ0v) is 8.90. The number of halogens is 2. The van der Waals surface area contributed by atoms with Crippen LogP contribution < -0.4 is 0 Å². The molecule has 0 fully saturated rings. The molecule has 0 rings (SSSR count). The van der Waals surface area contributed by atoms with Crippen molar-refractivity contribution in [1.82, 2.24) is 0 Å². The fourth-order valence-corrected chi connectivity index (χ4v) is 2.42. The van der Waals surface area contributed by atoms with E-state index in [1.165, 1.54) is 0 Å². The molecule has 0 bridgehead atoms. The van der Waals surface area contributed by atoms with E-state index in [4.69, 9.17) is 15.3 Å². The second-order valence-electron chi connectivity index (χ2n) is 1.63. The van der Waals surface area contributed by atoms with Gasteiger partial charge in [0.15, 0.2) is 0 Å². The predicted molar refractivity (Wildman–Crippen MR) is 50.7 cm³/mol. The average Bonchev–Trinajstić information content (AvgIpc) is 1.64. The van der Waals surface area contributed by atoms with Gasteiger partial charge in [-0.05, 0) is 6.42 Å². The minimum Gasteiger partial charge on any atom is -0.343 e. The van der Waals surface area contributed by atoms with Crippen LogP contribution in [0.3, 0.4) is 0 Å². The second-order valence-corrected chi connectivity index (χ2v) is 4.21. The van der Waals surface area contributed by atoms with Crippen LogP contribution in [0.4, 0.5) is 0 Å². The van der Waals surface area contributed by atoms with Gasteiger partial charge in [-0.2, -0.15) is 0 Å². The van der Waals surface area contributed by atoms with E-state index in [2.05, 4.69) is 22.6 Å². The Morgan fingerprint density at radius 3 is 1.89 bits per heavy atom. The van der Waals surface area contributed by atoms with Crippen LogP contribution in [0.5, 0.6) is 0 Å². The maximum Gasteiger partial charge on any atom is 0.287 e. The number of hydrogen-bond donors (Lipinski definition) is 3. The molecule has 0 aromatic rings. The Morgan fingerprint density at radius 1 is 1.33 bits per heavy atom. The van der Waals surface area contributed by atoms with Gasteiger partial charge in [-0.3, -0.25) is 0 Å². The van der Waals surface area contributed by atoms with Gasteiger partial charge in [0.2, 0.25) is 0 Å². The molecule has 5 heteroatoms. The largest absolute Gasteiger partial charge is 0.343 e. The van der Waals surface area contributed by atoms with Crippen LogP contribution in [0.2, 0.25) is 0 Å². The molecule has 0 aliphatic carbocycles. The highest BCUT2D eigenvalue weighted by atomic mass is 127. The molecule has 0 aliphatic rings. The van der Waals surface area contributed by atoms with Gasteiger partial charge in [0, 0.05) is 4.43 Å². The van der Waals surface area contributed by atoms with Crippen molar-refractivity contribution in [3.63, 3.8) is 0 Å². The fraction of sp³-hybridized carbons (Fsp3) is 1.00. The van der Waals surface area contributed by atoms with Crippen molar-refractivity contribution in [3.8, 4) is 0 Å². The maximum atomic E-state index is 8.52. The SMILES string of the molecule is OC(O)(O)C(I)CCI. The molecule has 0 heterocycles. The quantitative estimate of drug-likeness (QED) is 0.385. The lowest BCUT2D eigenvalue weighted by Crippen LogP contribution is -2.38. The van der Waals surface area contributed by atoms with Crippen LogP contribution in [0.1, 0.15) is 6.42 Å². The molecular formula is C4H8I2O3. The van der Waals surface area contributed by atoms with E-state index in [0.717, 1.165) is 4.43 Å².